The van der Waals surface area contributed by atoms with Crippen molar-refractivity contribution in [2.75, 3.05) is 6.26 Å². The summed E-state index contributed by atoms with van der Waals surface area (Å²) in [5.74, 6) is 0. The van der Waals surface area contributed by atoms with Gasteiger partial charge < -0.3 is 0 Å². The first-order valence-electron chi connectivity index (χ1n) is 5.10. The molecule has 0 aliphatic carbocycles. The molecule has 0 aliphatic heterocycles. The summed E-state index contributed by atoms with van der Waals surface area (Å²) in [6, 6.07) is 4.10. The van der Waals surface area contributed by atoms with E-state index in [1.54, 1.807) is 33.8 Å². The molecule has 6 heteroatoms. The number of hydrogen-bond donors (Lipinski definition) is 0. The van der Waals surface area contributed by atoms with Gasteiger partial charge in [0.25, 0.3) is 0 Å². The highest BCUT2D eigenvalue weighted by Gasteiger charge is 2.10. The number of imidazole rings is 1. The molecule has 3 aromatic rings. The Kier molecular flexibility index (Phi) is 2.60. The molecule has 3 aromatic heterocycles. The van der Waals surface area contributed by atoms with Crippen LogP contribution in [0.1, 0.15) is 5.69 Å². The van der Waals surface area contributed by atoms with Gasteiger partial charge in [-0.15, -0.1) is 11.8 Å². The molecule has 86 valence electrons. The van der Waals surface area contributed by atoms with E-state index >= 15 is 0 Å². The van der Waals surface area contributed by atoms with Crippen LogP contribution in [0.5, 0.6) is 0 Å². The molecule has 0 N–H and O–H groups in total. The zero-order valence-corrected chi connectivity index (χ0v) is 11.0. The van der Waals surface area contributed by atoms with Crippen molar-refractivity contribution in [1.29, 1.82) is 0 Å². The van der Waals surface area contributed by atoms with Gasteiger partial charge in [0.1, 0.15) is 5.01 Å². The van der Waals surface area contributed by atoms with Crippen molar-refractivity contribution in [2.24, 2.45) is 0 Å². The maximum atomic E-state index is 4.52. The maximum absolute atomic E-state index is 4.52. The van der Waals surface area contributed by atoms with Crippen molar-refractivity contribution in [1.82, 2.24) is 19.6 Å². The summed E-state index contributed by atoms with van der Waals surface area (Å²) >= 11 is 3.23. The fraction of sp³-hybridized carbons (Fsp3) is 0.182. The van der Waals surface area contributed by atoms with Gasteiger partial charge in [0.2, 0.25) is 4.96 Å². The van der Waals surface area contributed by atoms with Crippen molar-refractivity contribution >= 4 is 28.1 Å². The molecular formula is C11H10N4S2. The second-order valence-electron chi connectivity index (χ2n) is 3.55. The van der Waals surface area contributed by atoms with Crippen molar-refractivity contribution in [3.05, 3.63) is 30.2 Å². The minimum Gasteiger partial charge on any atom is -0.246 e. The lowest BCUT2D eigenvalue weighted by molar-refractivity contribution is 0.972. The highest BCUT2D eigenvalue weighted by molar-refractivity contribution is 7.98. The van der Waals surface area contributed by atoms with E-state index in [0.717, 1.165) is 26.3 Å². The number of hydrogen-bond acceptors (Lipinski definition) is 5. The molecule has 0 saturated heterocycles. The van der Waals surface area contributed by atoms with Crippen molar-refractivity contribution < 1.29 is 0 Å². The Bertz CT molecular complexity index is 642. The van der Waals surface area contributed by atoms with Gasteiger partial charge in [0, 0.05) is 17.5 Å². The van der Waals surface area contributed by atoms with Gasteiger partial charge in [-0.05, 0) is 25.3 Å². The van der Waals surface area contributed by atoms with E-state index in [0.29, 0.717) is 0 Å². The van der Waals surface area contributed by atoms with E-state index < -0.39 is 0 Å². The lowest BCUT2D eigenvalue weighted by Gasteiger charge is -2.02. The standard InChI is InChI=1S/C11H10N4S2/c1-7-8(3-4-9(13-7)16-2)10-14-15-6-5-12-11(15)17-10/h3-6H,1-2H3. The quantitative estimate of drug-likeness (QED) is 0.666. The van der Waals surface area contributed by atoms with E-state index in [2.05, 4.69) is 21.1 Å². The minimum absolute atomic E-state index is 0.911. The molecule has 0 aliphatic rings. The first-order valence-corrected chi connectivity index (χ1v) is 7.14. The fourth-order valence-corrected chi connectivity index (χ4v) is 2.99. The van der Waals surface area contributed by atoms with Gasteiger partial charge in [-0.1, -0.05) is 11.3 Å². The lowest BCUT2D eigenvalue weighted by Crippen LogP contribution is -1.90. The van der Waals surface area contributed by atoms with Crippen molar-refractivity contribution in [2.45, 2.75) is 11.9 Å². The molecule has 0 fully saturated rings. The highest BCUT2D eigenvalue weighted by atomic mass is 32.2. The second kappa shape index (κ2) is 4.12. The Labute approximate surface area is 107 Å². The first-order chi connectivity index (χ1) is 8.28. The molecule has 0 radical (unpaired) electrons. The largest absolute Gasteiger partial charge is 0.246 e. The number of fused-ring (bicyclic) bond motifs is 1. The van der Waals surface area contributed by atoms with Crippen LogP contribution in [0, 0.1) is 6.92 Å². The van der Waals surface area contributed by atoms with Gasteiger partial charge in [-0.25, -0.2) is 14.5 Å². The third kappa shape index (κ3) is 1.83. The highest BCUT2D eigenvalue weighted by Crippen LogP contribution is 2.28. The predicted molar refractivity (Wildman–Crippen MR) is 70.6 cm³/mol. The maximum Gasteiger partial charge on any atom is 0.212 e. The van der Waals surface area contributed by atoms with Gasteiger partial charge in [0.05, 0.1) is 11.2 Å². The Morgan fingerprint density at radius 1 is 1.35 bits per heavy atom. The van der Waals surface area contributed by atoms with Gasteiger partial charge >= 0.3 is 0 Å². The molecule has 3 rings (SSSR count). The number of thioether (sulfide) groups is 1. The molecule has 17 heavy (non-hydrogen) atoms. The zero-order valence-electron chi connectivity index (χ0n) is 9.41. The molecule has 4 nitrogen and oxygen atoms in total. The first kappa shape index (κ1) is 10.7. The Hall–Kier alpha value is -1.40. The van der Waals surface area contributed by atoms with E-state index in [9.17, 15) is 0 Å². The number of aromatic nitrogens is 4. The molecule has 0 aromatic carbocycles. The molecule has 0 amide bonds. The zero-order chi connectivity index (χ0) is 11.8. The Morgan fingerprint density at radius 3 is 2.94 bits per heavy atom. The van der Waals surface area contributed by atoms with Gasteiger partial charge in [-0.2, -0.15) is 5.10 Å². The SMILES string of the molecule is CSc1ccc(-c2nn3ccnc3s2)c(C)n1. The summed E-state index contributed by atoms with van der Waals surface area (Å²) in [5, 5.41) is 6.48. The average molecular weight is 262 g/mol. The Morgan fingerprint density at radius 2 is 2.24 bits per heavy atom. The van der Waals surface area contributed by atoms with Crippen LogP contribution in [0.15, 0.2) is 29.6 Å². The third-order valence-corrected chi connectivity index (χ3v) is 4.09. The molecule has 3 heterocycles. The van der Waals surface area contributed by atoms with E-state index in [1.165, 1.54) is 0 Å². The molecule has 0 unspecified atom stereocenters. The summed E-state index contributed by atoms with van der Waals surface area (Å²) in [4.78, 5) is 9.66. The summed E-state index contributed by atoms with van der Waals surface area (Å²) in [7, 11) is 0. The number of pyridine rings is 1. The Balaban J connectivity index is 2.12. The summed E-state index contributed by atoms with van der Waals surface area (Å²) in [5.41, 5.74) is 2.09. The van der Waals surface area contributed by atoms with Crippen LogP contribution in [0.4, 0.5) is 0 Å². The fourth-order valence-electron chi connectivity index (χ4n) is 1.62. The predicted octanol–water partition coefficient (Wildman–Crippen LogP) is 2.88. The van der Waals surface area contributed by atoms with Crippen LogP contribution in [0.25, 0.3) is 15.5 Å². The van der Waals surface area contributed by atoms with Crippen LogP contribution in [-0.4, -0.2) is 25.8 Å². The number of nitrogens with zero attached hydrogens (tertiary/aromatic N) is 4. The monoisotopic (exact) mass is 262 g/mol. The van der Waals surface area contributed by atoms with E-state index in [4.69, 9.17) is 0 Å². The molecule has 0 atom stereocenters. The van der Waals surface area contributed by atoms with Crippen molar-refractivity contribution in [3.8, 4) is 10.6 Å². The normalized spacial score (nSPS) is 11.2. The van der Waals surface area contributed by atoms with Gasteiger partial charge in [0.15, 0.2) is 0 Å². The van der Waals surface area contributed by atoms with Crippen LogP contribution in [0.2, 0.25) is 0 Å². The minimum atomic E-state index is 0.911. The van der Waals surface area contributed by atoms with E-state index in [1.807, 2.05) is 25.4 Å². The second-order valence-corrected chi connectivity index (χ2v) is 5.33. The summed E-state index contributed by atoms with van der Waals surface area (Å²) in [6.07, 6.45) is 5.64. The van der Waals surface area contributed by atoms with Crippen molar-refractivity contribution in [3.63, 3.8) is 0 Å². The number of aryl methyl sites for hydroxylation is 1. The lowest BCUT2D eigenvalue weighted by atomic mass is 10.2. The summed E-state index contributed by atoms with van der Waals surface area (Å²) < 4.78 is 1.79. The van der Waals surface area contributed by atoms with Crippen LogP contribution >= 0.6 is 23.1 Å². The molecular weight excluding hydrogens is 252 g/mol. The molecule has 0 spiro atoms. The smallest absolute Gasteiger partial charge is 0.212 e. The summed E-state index contributed by atoms with van der Waals surface area (Å²) in [6.45, 7) is 2.01. The van der Waals surface area contributed by atoms with Gasteiger partial charge in [-0.3, -0.25) is 0 Å². The molecule has 0 bridgehead atoms. The topological polar surface area (TPSA) is 43.1 Å². The molecule has 0 saturated carbocycles. The number of rotatable bonds is 2. The third-order valence-electron chi connectivity index (χ3n) is 2.48. The average Bonchev–Trinajstić information content (AvgIpc) is 2.89. The van der Waals surface area contributed by atoms with Crippen LogP contribution in [-0.2, 0) is 0 Å². The van der Waals surface area contributed by atoms with E-state index in [-0.39, 0.29) is 0 Å². The van der Waals surface area contributed by atoms with Crippen LogP contribution in [0.3, 0.4) is 0 Å². The van der Waals surface area contributed by atoms with Crippen LogP contribution < -0.4 is 0 Å².